The van der Waals surface area contributed by atoms with Crippen molar-refractivity contribution in [2.45, 2.75) is 13.8 Å². The number of hydrogen-bond acceptors (Lipinski definition) is 4. The molecule has 0 aliphatic heterocycles. The van der Waals surface area contributed by atoms with Crippen LogP contribution in [0.4, 0.5) is 0 Å². The minimum absolute atomic E-state index is 0.0972. The van der Waals surface area contributed by atoms with Crippen LogP contribution in [0, 0.1) is 0 Å². The van der Waals surface area contributed by atoms with E-state index >= 15 is 0 Å². The smallest absolute Gasteiger partial charge is 0.319 e. The monoisotopic (exact) mass is 240 g/mol. The van der Waals surface area contributed by atoms with E-state index in [1.165, 1.54) is 7.11 Å². The van der Waals surface area contributed by atoms with Gasteiger partial charge in [0.1, 0.15) is 0 Å². The summed E-state index contributed by atoms with van der Waals surface area (Å²) in [6, 6.07) is 0. The highest BCUT2D eigenvalue weighted by Crippen LogP contribution is 1.98. The van der Waals surface area contributed by atoms with E-state index in [2.05, 4.69) is 23.2 Å². The Morgan fingerprint density at radius 1 is 1.29 bits per heavy atom. The molecule has 0 rings (SSSR count). The molecule has 96 valence electrons. The first kappa shape index (κ1) is 15.4. The molecule has 1 N–H and O–H groups in total. The second-order valence-electron chi connectivity index (χ2n) is 3.69. The van der Waals surface area contributed by atoms with Gasteiger partial charge in [-0.15, -0.1) is 0 Å². The molecule has 0 fully saturated rings. The van der Waals surface area contributed by atoms with Gasteiger partial charge in [-0.3, -0.25) is 14.5 Å². The lowest BCUT2D eigenvalue weighted by Gasteiger charge is -2.18. The fourth-order valence-electron chi connectivity index (χ4n) is 1.04. The second kappa shape index (κ2) is 7.62. The molecule has 0 heterocycles. The molecular weight excluding hydrogens is 220 g/mol. The SMILES string of the molecule is C=C(C)C(=C)NC(=O)CN(CC)CC(=O)OC. The summed E-state index contributed by atoms with van der Waals surface area (Å²) in [5, 5.41) is 2.61. The molecule has 5 nitrogen and oxygen atoms in total. The number of methoxy groups -OCH3 is 1. The van der Waals surface area contributed by atoms with Crippen LogP contribution in [-0.2, 0) is 14.3 Å². The minimum atomic E-state index is -0.363. The summed E-state index contributed by atoms with van der Waals surface area (Å²) in [4.78, 5) is 24.3. The summed E-state index contributed by atoms with van der Waals surface area (Å²) >= 11 is 0. The number of allylic oxidation sites excluding steroid dienone is 1. The molecule has 1 amide bonds. The molecule has 0 aromatic carbocycles. The molecule has 0 aromatic heterocycles. The molecule has 0 atom stereocenters. The van der Waals surface area contributed by atoms with E-state index in [0.717, 1.165) is 0 Å². The highest BCUT2D eigenvalue weighted by atomic mass is 16.5. The van der Waals surface area contributed by atoms with Crippen molar-refractivity contribution in [1.29, 1.82) is 0 Å². The molecule has 0 radical (unpaired) electrons. The lowest BCUT2D eigenvalue weighted by atomic mass is 10.2. The predicted octanol–water partition coefficient (Wildman–Crippen LogP) is 0.687. The normalized spacial score (nSPS) is 9.88. The third-order valence-electron chi connectivity index (χ3n) is 2.20. The van der Waals surface area contributed by atoms with Crippen LogP contribution in [0.2, 0.25) is 0 Å². The first-order valence-corrected chi connectivity index (χ1v) is 5.34. The van der Waals surface area contributed by atoms with Gasteiger partial charge in [-0.2, -0.15) is 0 Å². The largest absolute Gasteiger partial charge is 0.468 e. The molecule has 0 saturated carbocycles. The summed E-state index contributed by atoms with van der Waals surface area (Å²) in [7, 11) is 1.32. The van der Waals surface area contributed by atoms with Crippen molar-refractivity contribution in [3.8, 4) is 0 Å². The maximum absolute atomic E-state index is 11.6. The van der Waals surface area contributed by atoms with Crippen LogP contribution in [-0.4, -0.2) is 43.5 Å². The van der Waals surface area contributed by atoms with Crippen LogP contribution in [0.25, 0.3) is 0 Å². The van der Waals surface area contributed by atoms with Gasteiger partial charge in [0.15, 0.2) is 0 Å². The van der Waals surface area contributed by atoms with E-state index in [4.69, 9.17) is 0 Å². The zero-order chi connectivity index (χ0) is 13.4. The third kappa shape index (κ3) is 6.52. The summed E-state index contributed by atoms with van der Waals surface area (Å²) in [5.74, 6) is -0.581. The maximum Gasteiger partial charge on any atom is 0.319 e. The number of nitrogens with zero attached hydrogens (tertiary/aromatic N) is 1. The number of rotatable bonds is 7. The molecule has 5 heteroatoms. The molecule has 0 bridgehead atoms. The van der Waals surface area contributed by atoms with Crippen LogP contribution >= 0.6 is 0 Å². The van der Waals surface area contributed by atoms with Gasteiger partial charge in [0.2, 0.25) is 5.91 Å². The lowest BCUT2D eigenvalue weighted by molar-refractivity contribution is -0.142. The second-order valence-corrected chi connectivity index (χ2v) is 3.69. The minimum Gasteiger partial charge on any atom is -0.468 e. The van der Waals surface area contributed by atoms with Gasteiger partial charge in [0.25, 0.3) is 0 Å². The van der Waals surface area contributed by atoms with E-state index < -0.39 is 0 Å². The Hall–Kier alpha value is -1.62. The van der Waals surface area contributed by atoms with Crippen molar-refractivity contribution in [2.24, 2.45) is 0 Å². The van der Waals surface area contributed by atoms with Crippen LogP contribution in [0.1, 0.15) is 13.8 Å². The number of amides is 1. The zero-order valence-corrected chi connectivity index (χ0v) is 10.7. The van der Waals surface area contributed by atoms with Crippen molar-refractivity contribution in [3.63, 3.8) is 0 Å². The van der Waals surface area contributed by atoms with Gasteiger partial charge in [0, 0.05) is 5.70 Å². The van der Waals surface area contributed by atoms with Crippen molar-refractivity contribution in [2.75, 3.05) is 26.7 Å². The molecular formula is C12H20N2O3. The Labute approximate surface area is 102 Å². The number of hydrogen-bond donors (Lipinski definition) is 1. The zero-order valence-electron chi connectivity index (χ0n) is 10.7. The van der Waals surface area contributed by atoms with Gasteiger partial charge in [-0.05, 0) is 19.0 Å². The van der Waals surface area contributed by atoms with Gasteiger partial charge < -0.3 is 10.1 Å². The number of carbonyl (C=O) groups is 2. The first-order valence-electron chi connectivity index (χ1n) is 5.34. The molecule has 0 saturated heterocycles. The molecule has 0 aliphatic rings. The summed E-state index contributed by atoms with van der Waals surface area (Å²) in [5.41, 5.74) is 1.19. The molecule has 0 unspecified atom stereocenters. The van der Waals surface area contributed by atoms with Crippen molar-refractivity contribution < 1.29 is 14.3 Å². The Bertz CT molecular complexity index is 324. The van der Waals surface area contributed by atoms with E-state index in [9.17, 15) is 9.59 Å². The first-order chi connectivity index (χ1) is 7.90. The third-order valence-corrected chi connectivity index (χ3v) is 2.20. The highest BCUT2D eigenvalue weighted by Gasteiger charge is 2.13. The maximum atomic E-state index is 11.6. The van der Waals surface area contributed by atoms with Gasteiger partial charge >= 0.3 is 5.97 Å². The topological polar surface area (TPSA) is 58.6 Å². The van der Waals surface area contributed by atoms with Crippen LogP contribution in [0.3, 0.4) is 0 Å². The molecule has 0 aromatic rings. The summed E-state index contributed by atoms with van der Waals surface area (Å²) in [6.45, 7) is 11.8. The summed E-state index contributed by atoms with van der Waals surface area (Å²) < 4.78 is 4.54. The Kier molecular flexibility index (Phi) is 6.89. The quantitative estimate of drug-likeness (QED) is 0.525. The number of ether oxygens (including phenoxy) is 1. The van der Waals surface area contributed by atoms with E-state index in [-0.39, 0.29) is 25.0 Å². The number of esters is 1. The average molecular weight is 240 g/mol. The van der Waals surface area contributed by atoms with Crippen LogP contribution in [0.15, 0.2) is 24.4 Å². The molecule has 0 aliphatic carbocycles. The van der Waals surface area contributed by atoms with Gasteiger partial charge in [-0.1, -0.05) is 20.1 Å². The fourth-order valence-corrected chi connectivity index (χ4v) is 1.04. The summed E-state index contributed by atoms with van der Waals surface area (Å²) in [6.07, 6.45) is 0. The Morgan fingerprint density at radius 2 is 1.88 bits per heavy atom. The van der Waals surface area contributed by atoms with Crippen molar-refractivity contribution in [3.05, 3.63) is 24.4 Å². The van der Waals surface area contributed by atoms with E-state index in [0.29, 0.717) is 17.8 Å². The number of nitrogens with one attached hydrogen (secondary N) is 1. The molecule has 17 heavy (non-hydrogen) atoms. The fraction of sp³-hybridized carbons (Fsp3) is 0.500. The van der Waals surface area contributed by atoms with Gasteiger partial charge in [0.05, 0.1) is 20.2 Å². The molecule has 0 spiro atoms. The standard InChI is InChI=1S/C12H20N2O3/c1-6-14(8-12(16)17-5)7-11(15)13-10(4)9(2)3/h2,4,6-8H2,1,3,5H3,(H,13,15). The average Bonchev–Trinajstić information content (AvgIpc) is 2.27. The van der Waals surface area contributed by atoms with Crippen LogP contribution < -0.4 is 5.32 Å². The van der Waals surface area contributed by atoms with Crippen molar-refractivity contribution in [1.82, 2.24) is 10.2 Å². The predicted molar refractivity (Wildman–Crippen MR) is 66.2 cm³/mol. The Balaban J connectivity index is 4.19. The van der Waals surface area contributed by atoms with E-state index in [1.54, 1.807) is 11.8 Å². The van der Waals surface area contributed by atoms with Crippen molar-refractivity contribution >= 4 is 11.9 Å². The van der Waals surface area contributed by atoms with Crippen LogP contribution in [0.5, 0.6) is 0 Å². The number of carbonyl (C=O) groups excluding carboxylic acids is 2. The van der Waals surface area contributed by atoms with E-state index in [1.807, 2.05) is 6.92 Å². The lowest BCUT2D eigenvalue weighted by Crippen LogP contribution is -2.39. The highest BCUT2D eigenvalue weighted by molar-refractivity contribution is 5.81. The Morgan fingerprint density at radius 3 is 2.29 bits per heavy atom. The van der Waals surface area contributed by atoms with Gasteiger partial charge in [-0.25, -0.2) is 0 Å². The number of likely N-dealkylation sites (N-methyl/N-ethyl adjacent to an activating group) is 1.